The van der Waals surface area contributed by atoms with E-state index in [0.717, 1.165) is 19.6 Å². The molecule has 0 aromatic heterocycles. The molecule has 1 aliphatic rings. The summed E-state index contributed by atoms with van der Waals surface area (Å²) in [6, 6.07) is 2.19. The Labute approximate surface area is 68.2 Å². The van der Waals surface area contributed by atoms with E-state index in [1.165, 1.54) is 0 Å². The molecule has 1 saturated heterocycles. The van der Waals surface area contributed by atoms with Gasteiger partial charge >= 0.3 is 0 Å². The third-order valence-electron chi connectivity index (χ3n) is 2.74. The molecule has 62 valence electrons. The first-order chi connectivity index (χ1) is 5.21. The molecule has 0 aromatic rings. The fraction of sp³-hybridized carbons (Fsp3) is 0.889. The Kier molecular flexibility index (Phi) is 2.51. The summed E-state index contributed by atoms with van der Waals surface area (Å²) in [5.74, 6) is 0.643. The van der Waals surface area contributed by atoms with E-state index in [9.17, 15) is 0 Å². The molecule has 0 spiro atoms. The predicted octanol–water partition coefficient (Wildman–Crippen LogP) is 1.96. The molecule has 0 atom stereocenters. The van der Waals surface area contributed by atoms with Crippen LogP contribution in [-0.2, 0) is 4.74 Å². The monoisotopic (exact) mass is 153 g/mol. The Hall–Kier alpha value is -0.550. The van der Waals surface area contributed by atoms with E-state index in [2.05, 4.69) is 19.9 Å². The molecule has 0 N–H and O–H groups in total. The first kappa shape index (κ1) is 8.55. The zero-order chi connectivity index (χ0) is 8.32. The highest BCUT2D eigenvalue weighted by molar-refractivity contribution is 4.90. The standard InChI is InChI=1S/C9H15NO/c1-8(2)9(4-3-5-10)6-11-7-9/h8H,3-4,6-7H2,1-2H3. The average molecular weight is 153 g/mol. The Bertz CT molecular complexity index is 165. The van der Waals surface area contributed by atoms with Crippen molar-refractivity contribution in [2.45, 2.75) is 26.7 Å². The molecule has 1 rings (SSSR count). The van der Waals surface area contributed by atoms with Crippen molar-refractivity contribution >= 4 is 0 Å². The third-order valence-corrected chi connectivity index (χ3v) is 2.74. The van der Waals surface area contributed by atoms with Gasteiger partial charge in [0.1, 0.15) is 0 Å². The zero-order valence-electron chi connectivity index (χ0n) is 7.26. The van der Waals surface area contributed by atoms with E-state index in [1.807, 2.05) is 0 Å². The maximum Gasteiger partial charge on any atom is 0.0621 e. The summed E-state index contributed by atoms with van der Waals surface area (Å²) in [6.45, 7) is 6.12. The summed E-state index contributed by atoms with van der Waals surface area (Å²) in [5.41, 5.74) is 0.329. The molecule has 2 nitrogen and oxygen atoms in total. The first-order valence-corrected chi connectivity index (χ1v) is 4.16. The molecule has 0 aliphatic carbocycles. The maximum absolute atomic E-state index is 8.44. The van der Waals surface area contributed by atoms with Gasteiger partial charge in [0.15, 0.2) is 0 Å². The van der Waals surface area contributed by atoms with E-state index in [-0.39, 0.29) is 0 Å². The van der Waals surface area contributed by atoms with Crippen LogP contribution in [0.4, 0.5) is 0 Å². The summed E-state index contributed by atoms with van der Waals surface area (Å²) in [6.07, 6.45) is 1.67. The molecular formula is C9H15NO. The number of nitrogens with zero attached hydrogens (tertiary/aromatic N) is 1. The SMILES string of the molecule is CC(C)C1(CCC#N)COC1. The van der Waals surface area contributed by atoms with E-state index < -0.39 is 0 Å². The molecule has 11 heavy (non-hydrogen) atoms. The van der Waals surface area contributed by atoms with Crippen LogP contribution in [0.3, 0.4) is 0 Å². The second-order valence-electron chi connectivity index (χ2n) is 3.67. The molecule has 0 unspecified atom stereocenters. The minimum absolute atomic E-state index is 0.329. The lowest BCUT2D eigenvalue weighted by atomic mass is 9.72. The highest BCUT2D eigenvalue weighted by Gasteiger charge is 2.40. The molecule has 1 heterocycles. The normalized spacial score (nSPS) is 20.9. The molecule has 0 bridgehead atoms. The number of rotatable bonds is 3. The fourth-order valence-corrected chi connectivity index (χ4v) is 1.44. The van der Waals surface area contributed by atoms with Crippen molar-refractivity contribution in [1.82, 2.24) is 0 Å². The molecular weight excluding hydrogens is 138 g/mol. The largest absolute Gasteiger partial charge is 0.380 e. The van der Waals surface area contributed by atoms with E-state index in [4.69, 9.17) is 10.00 Å². The Morgan fingerprint density at radius 2 is 2.18 bits per heavy atom. The fourth-order valence-electron chi connectivity index (χ4n) is 1.44. The highest BCUT2D eigenvalue weighted by atomic mass is 16.5. The van der Waals surface area contributed by atoms with Gasteiger partial charge in [-0.05, 0) is 12.3 Å². The topological polar surface area (TPSA) is 33.0 Å². The van der Waals surface area contributed by atoms with Gasteiger partial charge in [-0.1, -0.05) is 13.8 Å². The van der Waals surface area contributed by atoms with Gasteiger partial charge in [-0.3, -0.25) is 0 Å². The lowest BCUT2D eigenvalue weighted by Gasteiger charge is -2.44. The van der Waals surface area contributed by atoms with Gasteiger partial charge in [-0.2, -0.15) is 5.26 Å². The molecule has 0 radical (unpaired) electrons. The van der Waals surface area contributed by atoms with Crippen LogP contribution < -0.4 is 0 Å². The Balaban J connectivity index is 2.42. The van der Waals surface area contributed by atoms with Crippen molar-refractivity contribution in [3.63, 3.8) is 0 Å². The van der Waals surface area contributed by atoms with Crippen LogP contribution in [0.2, 0.25) is 0 Å². The summed E-state index contributed by atoms with van der Waals surface area (Å²) in [4.78, 5) is 0. The van der Waals surface area contributed by atoms with Crippen LogP contribution in [0.1, 0.15) is 26.7 Å². The Morgan fingerprint density at radius 3 is 2.45 bits per heavy atom. The van der Waals surface area contributed by atoms with Crippen LogP contribution in [0.5, 0.6) is 0 Å². The third kappa shape index (κ3) is 1.54. The molecule has 1 fully saturated rings. The number of nitriles is 1. The van der Waals surface area contributed by atoms with E-state index in [1.54, 1.807) is 0 Å². The van der Waals surface area contributed by atoms with Crippen molar-refractivity contribution < 1.29 is 4.74 Å². The van der Waals surface area contributed by atoms with Gasteiger partial charge in [0, 0.05) is 11.8 Å². The highest BCUT2D eigenvalue weighted by Crippen LogP contribution is 2.39. The van der Waals surface area contributed by atoms with Gasteiger partial charge in [0.05, 0.1) is 19.3 Å². The van der Waals surface area contributed by atoms with Crippen molar-refractivity contribution in [3.05, 3.63) is 0 Å². The number of ether oxygens (including phenoxy) is 1. The smallest absolute Gasteiger partial charge is 0.0621 e. The lowest BCUT2D eigenvalue weighted by molar-refractivity contribution is -0.142. The zero-order valence-corrected chi connectivity index (χ0v) is 7.26. The summed E-state index contributed by atoms with van der Waals surface area (Å²) in [7, 11) is 0. The summed E-state index contributed by atoms with van der Waals surface area (Å²) < 4.78 is 5.19. The van der Waals surface area contributed by atoms with Crippen LogP contribution in [0.15, 0.2) is 0 Å². The van der Waals surface area contributed by atoms with Crippen molar-refractivity contribution in [1.29, 1.82) is 5.26 Å². The first-order valence-electron chi connectivity index (χ1n) is 4.16. The molecule has 2 heteroatoms. The minimum Gasteiger partial charge on any atom is -0.380 e. The van der Waals surface area contributed by atoms with Gasteiger partial charge in [0.2, 0.25) is 0 Å². The van der Waals surface area contributed by atoms with Crippen LogP contribution in [-0.4, -0.2) is 13.2 Å². The second kappa shape index (κ2) is 3.23. The Morgan fingerprint density at radius 1 is 1.55 bits per heavy atom. The minimum atomic E-state index is 0.329. The molecule has 0 aromatic carbocycles. The van der Waals surface area contributed by atoms with Crippen molar-refractivity contribution in [3.8, 4) is 6.07 Å². The lowest BCUT2D eigenvalue weighted by Crippen LogP contribution is -2.46. The van der Waals surface area contributed by atoms with E-state index >= 15 is 0 Å². The molecule has 1 aliphatic heterocycles. The molecule has 0 amide bonds. The summed E-state index contributed by atoms with van der Waals surface area (Å²) >= 11 is 0. The predicted molar refractivity (Wildman–Crippen MR) is 42.9 cm³/mol. The van der Waals surface area contributed by atoms with Gasteiger partial charge in [0.25, 0.3) is 0 Å². The van der Waals surface area contributed by atoms with Crippen LogP contribution >= 0.6 is 0 Å². The average Bonchev–Trinajstić information content (AvgIpc) is 1.85. The van der Waals surface area contributed by atoms with Gasteiger partial charge < -0.3 is 4.74 Å². The van der Waals surface area contributed by atoms with Gasteiger partial charge in [-0.25, -0.2) is 0 Å². The quantitative estimate of drug-likeness (QED) is 0.621. The van der Waals surface area contributed by atoms with E-state index in [0.29, 0.717) is 17.8 Å². The van der Waals surface area contributed by atoms with Crippen molar-refractivity contribution in [2.75, 3.05) is 13.2 Å². The van der Waals surface area contributed by atoms with Crippen LogP contribution in [0, 0.1) is 22.7 Å². The maximum atomic E-state index is 8.44. The summed E-state index contributed by atoms with van der Waals surface area (Å²) in [5, 5.41) is 8.44. The number of hydrogen-bond donors (Lipinski definition) is 0. The molecule has 0 saturated carbocycles. The number of hydrogen-bond acceptors (Lipinski definition) is 2. The van der Waals surface area contributed by atoms with Gasteiger partial charge in [-0.15, -0.1) is 0 Å². The van der Waals surface area contributed by atoms with Crippen molar-refractivity contribution in [2.24, 2.45) is 11.3 Å². The van der Waals surface area contributed by atoms with Crippen LogP contribution in [0.25, 0.3) is 0 Å². The second-order valence-corrected chi connectivity index (χ2v) is 3.67.